The number of hydrogen-bond acceptors (Lipinski definition) is 2. The molecule has 1 atom stereocenters. The van der Waals surface area contributed by atoms with Gasteiger partial charge in [0, 0.05) is 12.3 Å². The van der Waals surface area contributed by atoms with Gasteiger partial charge in [0.15, 0.2) is 5.78 Å². The number of Topliss-reactive ketones (excluding diaryl/α,β-unsaturated/α-hetero) is 1. The lowest BCUT2D eigenvalue weighted by Crippen LogP contribution is -2.37. The van der Waals surface area contributed by atoms with E-state index in [4.69, 9.17) is 11.6 Å². The first kappa shape index (κ1) is 13.8. The summed E-state index contributed by atoms with van der Waals surface area (Å²) in [6, 6.07) is 0. The van der Waals surface area contributed by atoms with Crippen molar-refractivity contribution in [3.05, 3.63) is 23.9 Å². The second-order valence-corrected chi connectivity index (χ2v) is 3.71. The summed E-state index contributed by atoms with van der Waals surface area (Å²) in [7, 11) is 0. The van der Waals surface area contributed by atoms with Crippen LogP contribution in [0.4, 0.5) is 13.2 Å². The zero-order chi connectivity index (χ0) is 13.1. The molecular weight excluding hydrogens is 259 g/mol. The average molecular weight is 268 g/mol. The van der Waals surface area contributed by atoms with Gasteiger partial charge in [-0.3, -0.25) is 9.59 Å². The van der Waals surface area contributed by atoms with E-state index in [2.05, 4.69) is 5.32 Å². The van der Waals surface area contributed by atoms with Gasteiger partial charge in [0.1, 0.15) is 5.92 Å². The molecule has 1 N–H and O–H groups in total. The summed E-state index contributed by atoms with van der Waals surface area (Å²) in [5, 5.41) is 2.11. The Kier molecular flexibility index (Phi) is 4.34. The molecule has 7 heteroatoms. The van der Waals surface area contributed by atoms with Crippen LogP contribution in [0, 0.1) is 5.92 Å². The van der Waals surface area contributed by atoms with E-state index >= 15 is 0 Å². The second-order valence-electron chi connectivity index (χ2n) is 3.34. The van der Waals surface area contributed by atoms with E-state index in [-0.39, 0.29) is 18.0 Å². The molecule has 1 rings (SSSR count). The summed E-state index contributed by atoms with van der Waals surface area (Å²) in [4.78, 5) is 22.5. The van der Waals surface area contributed by atoms with Crippen LogP contribution in [-0.2, 0) is 9.59 Å². The minimum atomic E-state index is -4.65. The van der Waals surface area contributed by atoms with Crippen molar-refractivity contribution in [3.8, 4) is 0 Å². The van der Waals surface area contributed by atoms with Gasteiger partial charge in [-0.15, -0.1) is 11.6 Å². The number of halogens is 4. The number of alkyl halides is 4. The zero-order valence-corrected chi connectivity index (χ0v) is 9.31. The minimum Gasteiger partial charge on any atom is -0.323 e. The van der Waals surface area contributed by atoms with Crippen molar-refractivity contribution in [2.24, 2.45) is 5.92 Å². The number of carbonyl (C=O) groups is 2. The van der Waals surface area contributed by atoms with Crippen LogP contribution in [0.5, 0.6) is 0 Å². The van der Waals surface area contributed by atoms with Gasteiger partial charge in [0.2, 0.25) is 5.91 Å². The molecule has 94 valence electrons. The third kappa shape index (κ3) is 3.59. The number of carbonyl (C=O) groups excluding carboxylic acids is 2. The van der Waals surface area contributed by atoms with E-state index in [0.717, 1.165) is 18.2 Å². The van der Waals surface area contributed by atoms with Crippen molar-refractivity contribution in [1.29, 1.82) is 0 Å². The van der Waals surface area contributed by atoms with E-state index in [1.807, 2.05) is 0 Å². The van der Waals surface area contributed by atoms with Crippen molar-refractivity contribution in [1.82, 2.24) is 5.32 Å². The van der Waals surface area contributed by atoms with Crippen molar-refractivity contribution >= 4 is 23.3 Å². The SMILES string of the molecule is O=C(CCCl)NC1=CC=CC(C(F)(F)F)C1=O. The predicted molar refractivity (Wildman–Crippen MR) is 55.3 cm³/mol. The van der Waals surface area contributed by atoms with Crippen LogP contribution in [0.15, 0.2) is 23.9 Å². The minimum absolute atomic E-state index is 0.0336. The Labute approximate surface area is 100 Å². The standard InChI is InChI=1S/C10H9ClF3NO2/c11-5-4-8(16)15-7-3-1-2-6(9(7)17)10(12,13)14/h1-3,6H,4-5H2,(H,15,16). The summed E-state index contributed by atoms with van der Waals surface area (Å²) < 4.78 is 37.3. The van der Waals surface area contributed by atoms with Gasteiger partial charge in [-0.1, -0.05) is 12.2 Å². The largest absolute Gasteiger partial charge is 0.402 e. The van der Waals surface area contributed by atoms with Crippen molar-refractivity contribution in [2.45, 2.75) is 12.6 Å². The van der Waals surface area contributed by atoms with Gasteiger partial charge in [-0.2, -0.15) is 13.2 Å². The lowest BCUT2D eigenvalue weighted by molar-refractivity contribution is -0.169. The molecular formula is C10H9ClF3NO2. The molecule has 1 amide bonds. The van der Waals surface area contributed by atoms with Crippen LogP contribution in [0.3, 0.4) is 0 Å². The Morgan fingerprint density at radius 2 is 2.12 bits per heavy atom. The summed E-state index contributed by atoms with van der Waals surface area (Å²) in [6.45, 7) is 0. The van der Waals surface area contributed by atoms with E-state index in [1.165, 1.54) is 0 Å². The number of amides is 1. The lowest BCUT2D eigenvalue weighted by atomic mass is 9.96. The molecule has 1 aliphatic rings. The third-order valence-corrected chi connectivity index (χ3v) is 2.25. The predicted octanol–water partition coefficient (Wildman–Crippen LogP) is 1.93. The van der Waals surface area contributed by atoms with Gasteiger partial charge >= 0.3 is 6.18 Å². The Bertz CT molecular complexity index is 388. The van der Waals surface area contributed by atoms with Crippen LogP contribution in [0.25, 0.3) is 0 Å². The van der Waals surface area contributed by atoms with Gasteiger partial charge in [0.25, 0.3) is 0 Å². The third-order valence-electron chi connectivity index (χ3n) is 2.06. The lowest BCUT2D eigenvalue weighted by Gasteiger charge is -2.20. The molecule has 0 aromatic rings. The van der Waals surface area contributed by atoms with Crippen LogP contribution in [0.1, 0.15) is 6.42 Å². The van der Waals surface area contributed by atoms with Crippen molar-refractivity contribution < 1.29 is 22.8 Å². The Balaban J connectivity index is 2.76. The van der Waals surface area contributed by atoms with E-state index in [0.29, 0.717) is 0 Å². The summed E-state index contributed by atoms with van der Waals surface area (Å²) in [6.07, 6.45) is -1.73. The normalized spacial score (nSPS) is 20.1. The molecule has 0 spiro atoms. The molecule has 1 aliphatic carbocycles. The molecule has 0 fully saturated rings. The second kappa shape index (κ2) is 5.35. The van der Waals surface area contributed by atoms with Crippen LogP contribution in [-0.4, -0.2) is 23.7 Å². The van der Waals surface area contributed by atoms with Crippen molar-refractivity contribution in [3.63, 3.8) is 0 Å². The highest BCUT2D eigenvalue weighted by Crippen LogP contribution is 2.31. The summed E-state index contributed by atoms with van der Waals surface area (Å²) in [5.74, 6) is -3.91. The number of nitrogens with one attached hydrogen (secondary N) is 1. The maximum Gasteiger partial charge on any atom is 0.402 e. The molecule has 17 heavy (non-hydrogen) atoms. The molecule has 0 heterocycles. The molecule has 0 aliphatic heterocycles. The molecule has 0 aromatic heterocycles. The Hall–Kier alpha value is -1.30. The fraction of sp³-hybridized carbons (Fsp3) is 0.400. The molecule has 0 saturated carbocycles. The number of hydrogen-bond donors (Lipinski definition) is 1. The highest BCUT2D eigenvalue weighted by Gasteiger charge is 2.44. The number of allylic oxidation sites excluding steroid dienone is 4. The quantitative estimate of drug-likeness (QED) is 0.794. The topological polar surface area (TPSA) is 46.2 Å². The maximum absolute atomic E-state index is 12.4. The van der Waals surface area contributed by atoms with Gasteiger partial charge < -0.3 is 5.32 Å². The highest BCUT2D eigenvalue weighted by atomic mass is 35.5. The highest BCUT2D eigenvalue weighted by molar-refractivity contribution is 6.19. The fourth-order valence-electron chi connectivity index (χ4n) is 1.26. The van der Waals surface area contributed by atoms with E-state index in [1.54, 1.807) is 0 Å². The summed E-state index contributed by atoms with van der Waals surface area (Å²) >= 11 is 5.29. The maximum atomic E-state index is 12.4. The monoisotopic (exact) mass is 267 g/mol. The van der Waals surface area contributed by atoms with Gasteiger partial charge in [-0.05, 0) is 6.08 Å². The molecule has 0 radical (unpaired) electrons. The average Bonchev–Trinajstić information content (AvgIpc) is 2.19. The summed E-state index contributed by atoms with van der Waals surface area (Å²) in [5.41, 5.74) is -0.357. The van der Waals surface area contributed by atoms with E-state index < -0.39 is 23.8 Å². The molecule has 0 aromatic carbocycles. The first-order valence-corrected chi connectivity index (χ1v) is 5.25. The Morgan fingerprint density at radius 3 is 2.65 bits per heavy atom. The van der Waals surface area contributed by atoms with E-state index in [9.17, 15) is 22.8 Å². The van der Waals surface area contributed by atoms with Crippen LogP contribution < -0.4 is 5.32 Å². The van der Waals surface area contributed by atoms with Gasteiger partial charge in [0.05, 0.1) is 5.70 Å². The van der Waals surface area contributed by atoms with Gasteiger partial charge in [-0.25, -0.2) is 0 Å². The molecule has 3 nitrogen and oxygen atoms in total. The molecule has 1 unspecified atom stereocenters. The molecule has 0 bridgehead atoms. The van der Waals surface area contributed by atoms with Crippen LogP contribution >= 0.6 is 11.6 Å². The number of ketones is 1. The molecule has 0 saturated heterocycles. The van der Waals surface area contributed by atoms with Crippen LogP contribution in [0.2, 0.25) is 0 Å². The fourth-order valence-corrected chi connectivity index (χ4v) is 1.43. The first-order valence-electron chi connectivity index (χ1n) is 4.71. The smallest absolute Gasteiger partial charge is 0.323 e. The zero-order valence-electron chi connectivity index (χ0n) is 8.55. The first-order chi connectivity index (χ1) is 7.86. The number of rotatable bonds is 3. The van der Waals surface area contributed by atoms with Crippen molar-refractivity contribution in [2.75, 3.05) is 5.88 Å². The Morgan fingerprint density at radius 1 is 1.47 bits per heavy atom.